The number of hydrogen-bond donors (Lipinski definition) is 2. The third-order valence-corrected chi connectivity index (χ3v) is 3.49. The fourth-order valence-corrected chi connectivity index (χ4v) is 2.12. The van der Waals surface area contributed by atoms with Crippen molar-refractivity contribution in [3.8, 4) is 11.5 Å². The first-order valence-electron chi connectivity index (χ1n) is 7.05. The Labute approximate surface area is 131 Å². The summed E-state index contributed by atoms with van der Waals surface area (Å²) in [4.78, 5) is 12.0. The van der Waals surface area contributed by atoms with Gasteiger partial charge in [0, 0.05) is 12.5 Å². The van der Waals surface area contributed by atoms with Gasteiger partial charge in [-0.2, -0.15) is 0 Å². The molecule has 0 fully saturated rings. The monoisotopic (exact) mass is 314 g/mol. The van der Waals surface area contributed by atoms with Gasteiger partial charge >= 0.3 is 0 Å². The molecule has 1 aliphatic rings. The second-order valence-corrected chi connectivity index (χ2v) is 5.01. The zero-order valence-electron chi connectivity index (χ0n) is 12.4. The van der Waals surface area contributed by atoms with Gasteiger partial charge in [-0.15, -0.1) is 12.4 Å². The van der Waals surface area contributed by atoms with Crippen LogP contribution in [-0.2, 0) is 4.79 Å². The van der Waals surface area contributed by atoms with E-state index in [0.717, 1.165) is 23.5 Å². The van der Waals surface area contributed by atoms with Crippen molar-refractivity contribution in [3.63, 3.8) is 0 Å². The molecule has 0 saturated heterocycles. The lowest BCUT2D eigenvalue weighted by atomic mass is 10.0. The second kappa shape index (κ2) is 8.10. The van der Waals surface area contributed by atoms with Crippen LogP contribution in [0.15, 0.2) is 18.2 Å². The molecule has 0 radical (unpaired) electrons. The number of nitrogens with one attached hydrogen (secondary N) is 1. The molecule has 1 aliphatic heterocycles. The molecule has 1 aromatic rings. The zero-order valence-corrected chi connectivity index (χ0v) is 13.2. The Bertz CT molecular complexity index is 482. The van der Waals surface area contributed by atoms with Crippen molar-refractivity contribution in [3.05, 3.63) is 23.8 Å². The van der Waals surface area contributed by atoms with Crippen LogP contribution in [0.3, 0.4) is 0 Å². The minimum absolute atomic E-state index is 0. The highest BCUT2D eigenvalue weighted by Crippen LogP contribution is 2.33. The Morgan fingerprint density at radius 3 is 2.62 bits per heavy atom. The Kier molecular flexibility index (Phi) is 6.78. The summed E-state index contributed by atoms with van der Waals surface area (Å²) in [7, 11) is 0. The van der Waals surface area contributed by atoms with Crippen molar-refractivity contribution in [2.45, 2.75) is 26.3 Å². The Hall–Kier alpha value is -1.46. The molecule has 0 aliphatic carbocycles. The standard InChI is InChI=1S/C15H22N2O3.ClH/c1-3-12(17-15(18)10(2)9-16)11-4-5-13-14(8-11)20-7-6-19-13;/h4-5,8,10,12H,3,6-7,9,16H2,1-2H3,(H,17,18);1H. The Morgan fingerprint density at radius 2 is 2.00 bits per heavy atom. The van der Waals surface area contributed by atoms with Gasteiger partial charge in [0.1, 0.15) is 13.2 Å². The van der Waals surface area contributed by atoms with Gasteiger partial charge in [0.05, 0.1) is 6.04 Å². The maximum absolute atomic E-state index is 12.0. The summed E-state index contributed by atoms with van der Waals surface area (Å²) in [6, 6.07) is 5.77. The maximum Gasteiger partial charge on any atom is 0.224 e. The first kappa shape index (κ1) is 17.6. The number of amides is 1. The highest BCUT2D eigenvalue weighted by atomic mass is 35.5. The van der Waals surface area contributed by atoms with Crippen LogP contribution in [0.25, 0.3) is 0 Å². The van der Waals surface area contributed by atoms with E-state index in [0.29, 0.717) is 19.8 Å². The molecule has 1 aromatic carbocycles. The van der Waals surface area contributed by atoms with Gasteiger partial charge in [0.2, 0.25) is 5.91 Å². The van der Waals surface area contributed by atoms with Gasteiger partial charge in [-0.25, -0.2) is 0 Å². The summed E-state index contributed by atoms with van der Waals surface area (Å²) < 4.78 is 11.1. The van der Waals surface area contributed by atoms with Crippen LogP contribution in [-0.4, -0.2) is 25.7 Å². The highest BCUT2D eigenvalue weighted by Gasteiger charge is 2.19. The van der Waals surface area contributed by atoms with Gasteiger partial charge in [0.25, 0.3) is 0 Å². The minimum Gasteiger partial charge on any atom is -0.486 e. The maximum atomic E-state index is 12.0. The van der Waals surface area contributed by atoms with Gasteiger partial charge in [-0.3, -0.25) is 4.79 Å². The van der Waals surface area contributed by atoms with Crippen LogP contribution >= 0.6 is 12.4 Å². The van der Waals surface area contributed by atoms with E-state index in [1.165, 1.54) is 0 Å². The van der Waals surface area contributed by atoms with E-state index in [9.17, 15) is 4.79 Å². The third kappa shape index (κ3) is 4.25. The lowest BCUT2D eigenvalue weighted by Crippen LogP contribution is -2.35. The van der Waals surface area contributed by atoms with E-state index in [2.05, 4.69) is 5.32 Å². The number of benzene rings is 1. The molecule has 1 amide bonds. The molecule has 2 unspecified atom stereocenters. The number of ether oxygens (including phenoxy) is 2. The molecular formula is C15H23ClN2O3. The number of hydrogen-bond acceptors (Lipinski definition) is 4. The topological polar surface area (TPSA) is 73.6 Å². The third-order valence-electron chi connectivity index (χ3n) is 3.49. The van der Waals surface area contributed by atoms with E-state index >= 15 is 0 Å². The molecular weight excluding hydrogens is 292 g/mol. The molecule has 3 N–H and O–H groups in total. The molecule has 0 saturated carbocycles. The Balaban J connectivity index is 0.00000220. The van der Waals surface area contributed by atoms with E-state index in [1.54, 1.807) is 0 Å². The number of nitrogens with two attached hydrogens (primary N) is 1. The number of fused-ring (bicyclic) bond motifs is 1. The van der Waals surface area contributed by atoms with Crippen molar-refractivity contribution < 1.29 is 14.3 Å². The molecule has 0 spiro atoms. The van der Waals surface area contributed by atoms with E-state index in [1.807, 2.05) is 32.0 Å². The van der Waals surface area contributed by atoms with Crippen LogP contribution in [0, 0.1) is 5.92 Å². The molecule has 6 heteroatoms. The van der Waals surface area contributed by atoms with Crippen LogP contribution in [0.2, 0.25) is 0 Å². The van der Waals surface area contributed by atoms with Crippen molar-refractivity contribution in [1.29, 1.82) is 0 Å². The molecule has 21 heavy (non-hydrogen) atoms. The summed E-state index contributed by atoms with van der Waals surface area (Å²) in [5.74, 6) is 1.31. The van der Waals surface area contributed by atoms with Gasteiger partial charge < -0.3 is 20.5 Å². The molecule has 2 atom stereocenters. The quantitative estimate of drug-likeness (QED) is 0.872. The van der Waals surface area contributed by atoms with Crippen molar-refractivity contribution >= 4 is 18.3 Å². The average Bonchev–Trinajstić information content (AvgIpc) is 2.51. The number of carbonyl (C=O) groups is 1. The summed E-state index contributed by atoms with van der Waals surface area (Å²) in [5, 5.41) is 3.03. The van der Waals surface area contributed by atoms with E-state index in [4.69, 9.17) is 15.2 Å². The van der Waals surface area contributed by atoms with Crippen molar-refractivity contribution in [1.82, 2.24) is 5.32 Å². The average molecular weight is 315 g/mol. The van der Waals surface area contributed by atoms with Crippen LogP contribution in [0.4, 0.5) is 0 Å². The fourth-order valence-electron chi connectivity index (χ4n) is 2.12. The lowest BCUT2D eigenvalue weighted by molar-refractivity contribution is -0.125. The smallest absolute Gasteiger partial charge is 0.224 e. The van der Waals surface area contributed by atoms with Gasteiger partial charge in [-0.1, -0.05) is 19.9 Å². The Morgan fingerprint density at radius 1 is 1.33 bits per heavy atom. The summed E-state index contributed by atoms with van der Waals surface area (Å²) in [5.41, 5.74) is 6.55. The fraction of sp³-hybridized carbons (Fsp3) is 0.533. The molecule has 5 nitrogen and oxygen atoms in total. The second-order valence-electron chi connectivity index (χ2n) is 5.01. The highest BCUT2D eigenvalue weighted by molar-refractivity contribution is 5.85. The van der Waals surface area contributed by atoms with Crippen LogP contribution < -0.4 is 20.5 Å². The van der Waals surface area contributed by atoms with Crippen LogP contribution in [0.5, 0.6) is 11.5 Å². The lowest BCUT2D eigenvalue weighted by Gasteiger charge is -2.23. The number of carbonyl (C=O) groups excluding carboxylic acids is 1. The van der Waals surface area contributed by atoms with Gasteiger partial charge in [0.15, 0.2) is 11.5 Å². The normalized spacial score (nSPS) is 15.6. The molecule has 0 bridgehead atoms. The zero-order chi connectivity index (χ0) is 14.5. The summed E-state index contributed by atoms with van der Waals surface area (Å²) >= 11 is 0. The number of rotatable bonds is 5. The predicted molar refractivity (Wildman–Crippen MR) is 84.1 cm³/mol. The van der Waals surface area contributed by atoms with Crippen molar-refractivity contribution in [2.75, 3.05) is 19.8 Å². The molecule has 1 heterocycles. The number of halogens is 1. The van der Waals surface area contributed by atoms with Gasteiger partial charge in [-0.05, 0) is 24.1 Å². The van der Waals surface area contributed by atoms with E-state index in [-0.39, 0.29) is 30.3 Å². The first-order chi connectivity index (χ1) is 9.65. The summed E-state index contributed by atoms with van der Waals surface area (Å²) in [6.45, 7) is 5.35. The SMILES string of the molecule is CCC(NC(=O)C(C)CN)c1ccc2c(c1)OCCO2.Cl. The largest absolute Gasteiger partial charge is 0.486 e. The first-order valence-corrected chi connectivity index (χ1v) is 7.05. The van der Waals surface area contributed by atoms with E-state index < -0.39 is 0 Å². The molecule has 2 rings (SSSR count). The molecule has 118 valence electrons. The minimum atomic E-state index is -0.179. The van der Waals surface area contributed by atoms with Crippen LogP contribution in [0.1, 0.15) is 31.9 Å². The molecule has 0 aromatic heterocycles. The van der Waals surface area contributed by atoms with Crippen molar-refractivity contribution in [2.24, 2.45) is 11.7 Å². The predicted octanol–water partition coefficient (Wildman–Crippen LogP) is 2.04. The summed E-state index contributed by atoms with van der Waals surface area (Å²) in [6.07, 6.45) is 0.808.